The lowest BCUT2D eigenvalue weighted by Gasteiger charge is -2.34. The number of hydrogen-bond donors (Lipinski definition) is 2. The highest BCUT2D eigenvalue weighted by Crippen LogP contribution is 2.33. The molecule has 30 heavy (non-hydrogen) atoms. The summed E-state index contributed by atoms with van der Waals surface area (Å²) in [6.07, 6.45) is 0. The first-order valence-electron chi connectivity index (χ1n) is 8.85. The zero-order chi connectivity index (χ0) is 21.7. The second-order valence-electron chi connectivity index (χ2n) is 6.97. The number of halogens is 5. The lowest BCUT2D eigenvalue weighted by molar-refractivity contribution is 0.0722. The summed E-state index contributed by atoms with van der Waals surface area (Å²) in [5.74, 6) is -5.18. The minimum absolute atomic E-state index is 0.0658. The van der Waals surface area contributed by atoms with Crippen molar-refractivity contribution in [3.05, 3.63) is 79.7 Å². The minimum Gasteiger partial charge on any atom is -0.333 e. The second kappa shape index (κ2) is 7.41. The fourth-order valence-corrected chi connectivity index (χ4v) is 3.81. The van der Waals surface area contributed by atoms with Crippen molar-refractivity contribution in [3.8, 4) is 0 Å². The topological polar surface area (TPSA) is 65.2 Å². The van der Waals surface area contributed by atoms with Crippen LogP contribution >= 0.6 is 11.6 Å². The molecule has 2 aromatic carbocycles. The van der Waals surface area contributed by atoms with E-state index in [1.165, 1.54) is 11.9 Å². The number of likely N-dealkylation sites (N-methyl/N-ethyl adjacent to an activating group) is 1. The third kappa shape index (κ3) is 3.23. The number of aromatic amines is 1. The Kier molecular flexibility index (Phi) is 5.03. The zero-order valence-electron chi connectivity index (χ0n) is 15.5. The van der Waals surface area contributed by atoms with Crippen molar-refractivity contribution in [2.24, 2.45) is 0 Å². The lowest BCUT2D eigenvalue weighted by atomic mass is 9.93. The Morgan fingerprint density at radius 1 is 1.03 bits per heavy atom. The molecule has 0 saturated heterocycles. The molecule has 1 aliphatic rings. The van der Waals surface area contributed by atoms with Crippen molar-refractivity contribution in [2.75, 3.05) is 13.6 Å². The molecule has 5 nitrogen and oxygen atoms in total. The molecule has 0 bridgehead atoms. The Bertz CT molecular complexity index is 1240. The van der Waals surface area contributed by atoms with Gasteiger partial charge in [-0.05, 0) is 29.7 Å². The van der Waals surface area contributed by atoms with Crippen molar-refractivity contribution in [3.63, 3.8) is 0 Å². The van der Waals surface area contributed by atoms with Gasteiger partial charge in [-0.3, -0.25) is 9.59 Å². The number of carbonyl (C=O) groups excluding carboxylic acids is 1. The fourth-order valence-electron chi connectivity index (χ4n) is 3.70. The molecule has 1 aliphatic heterocycles. The number of benzene rings is 2. The summed E-state index contributed by atoms with van der Waals surface area (Å²) in [5, 5.41) is 2.40. The molecule has 4 rings (SSSR count). The minimum atomic E-state index is -1.17. The first kappa shape index (κ1) is 20.4. The van der Waals surface area contributed by atoms with Gasteiger partial charge in [-0.1, -0.05) is 11.6 Å². The number of pyridine rings is 1. The van der Waals surface area contributed by atoms with Gasteiger partial charge in [-0.2, -0.15) is 0 Å². The van der Waals surface area contributed by atoms with Crippen molar-refractivity contribution >= 4 is 28.3 Å². The normalized spacial score (nSPS) is 15.9. The van der Waals surface area contributed by atoms with E-state index in [0.717, 1.165) is 24.3 Å². The summed E-state index contributed by atoms with van der Waals surface area (Å²) in [6.45, 7) is 0.455. The van der Waals surface area contributed by atoms with Crippen LogP contribution in [0.4, 0.5) is 17.6 Å². The molecule has 1 atom stereocenters. The number of nitrogens with zero attached hydrogens (tertiary/aromatic N) is 1. The Labute approximate surface area is 172 Å². The van der Waals surface area contributed by atoms with Gasteiger partial charge in [-0.15, -0.1) is 0 Å². The maximum atomic E-state index is 13.9. The molecule has 156 valence electrons. The maximum absolute atomic E-state index is 13.9. The average molecular weight is 440 g/mol. The van der Waals surface area contributed by atoms with Crippen LogP contribution in [0.3, 0.4) is 0 Å². The van der Waals surface area contributed by atoms with Gasteiger partial charge in [0.05, 0.1) is 11.4 Å². The van der Waals surface area contributed by atoms with Gasteiger partial charge in [-0.25, -0.2) is 17.6 Å². The largest absolute Gasteiger partial charge is 0.333 e. The molecule has 1 amide bonds. The monoisotopic (exact) mass is 439 g/mol. The number of fused-ring (bicyclic) bond motifs is 3. The summed E-state index contributed by atoms with van der Waals surface area (Å²) in [6, 6.07) is 2.63. The fraction of sp³-hybridized carbons (Fsp3) is 0.200. The molecule has 3 aromatic rings. The molecule has 0 fully saturated rings. The van der Waals surface area contributed by atoms with Gasteiger partial charge in [0.1, 0.15) is 16.7 Å². The van der Waals surface area contributed by atoms with Crippen LogP contribution in [-0.2, 0) is 6.54 Å². The zero-order valence-corrected chi connectivity index (χ0v) is 16.2. The number of amides is 1. The Balaban J connectivity index is 1.84. The van der Waals surface area contributed by atoms with Crippen molar-refractivity contribution in [1.82, 2.24) is 15.2 Å². The number of nitrogens with one attached hydrogen (secondary N) is 2. The smallest absolute Gasteiger partial charge is 0.256 e. The number of aromatic nitrogens is 1. The average Bonchev–Trinajstić information content (AvgIpc) is 2.71. The highest BCUT2D eigenvalue weighted by Gasteiger charge is 2.31. The van der Waals surface area contributed by atoms with E-state index >= 15 is 0 Å². The Morgan fingerprint density at radius 2 is 1.63 bits per heavy atom. The molecule has 1 aromatic heterocycles. The lowest BCUT2D eigenvalue weighted by Crippen LogP contribution is -2.42. The Hall–Kier alpha value is -2.91. The summed E-state index contributed by atoms with van der Waals surface area (Å²) in [7, 11) is 1.41. The third-order valence-corrected chi connectivity index (χ3v) is 5.54. The molecule has 0 spiro atoms. The standard InChI is InChI=1S/C20H14ClF4N3O2/c1-28(20(30)8-2-13(24)18(21)14(25)3-8)16-7-26-6-15-17(16)9-4-11(22)12(23)5-10(9)19(29)27-15/h2-5,16,26H,6-7H2,1H3,(H,27,29)/t16-/m1/s1. The van der Waals surface area contributed by atoms with Crippen molar-refractivity contribution < 1.29 is 22.4 Å². The molecule has 0 radical (unpaired) electrons. The van der Waals surface area contributed by atoms with Crippen LogP contribution in [-0.4, -0.2) is 29.4 Å². The summed E-state index contributed by atoms with van der Waals surface area (Å²) >= 11 is 5.47. The van der Waals surface area contributed by atoms with E-state index in [9.17, 15) is 27.2 Å². The third-order valence-electron chi connectivity index (χ3n) is 5.18. The molecule has 0 unspecified atom stereocenters. The highest BCUT2D eigenvalue weighted by molar-refractivity contribution is 6.31. The first-order valence-corrected chi connectivity index (χ1v) is 9.23. The van der Waals surface area contributed by atoms with E-state index in [1.807, 2.05) is 0 Å². The second-order valence-corrected chi connectivity index (χ2v) is 7.35. The van der Waals surface area contributed by atoms with Gasteiger partial charge in [0, 0.05) is 37.0 Å². The van der Waals surface area contributed by atoms with Crippen LogP contribution in [0, 0.1) is 23.3 Å². The van der Waals surface area contributed by atoms with E-state index in [0.29, 0.717) is 11.3 Å². The van der Waals surface area contributed by atoms with Gasteiger partial charge in [0.15, 0.2) is 11.6 Å². The predicted molar refractivity (Wildman–Crippen MR) is 102 cm³/mol. The van der Waals surface area contributed by atoms with E-state index < -0.39 is 45.8 Å². The van der Waals surface area contributed by atoms with Gasteiger partial charge in [0.2, 0.25) is 0 Å². The molecule has 2 N–H and O–H groups in total. The molecular weight excluding hydrogens is 426 g/mol. The number of carbonyl (C=O) groups is 1. The quantitative estimate of drug-likeness (QED) is 0.473. The van der Waals surface area contributed by atoms with Gasteiger partial charge < -0.3 is 15.2 Å². The number of hydrogen-bond acceptors (Lipinski definition) is 3. The van der Waals surface area contributed by atoms with Crippen LogP contribution in [0.1, 0.15) is 27.7 Å². The molecule has 0 aliphatic carbocycles. The van der Waals surface area contributed by atoms with Crippen molar-refractivity contribution in [2.45, 2.75) is 12.6 Å². The number of rotatable bonds is 2. The molecular formula is C20H14ClF4N3O2. The van der Waals surface area contributed by atoms with Crippen LogP contribution in [0.5, 0.6) is 0 Å². The summed E-state index contributed by atoms with van der Waals surface area (Å²) < 4.78 is 55.3. The van der Waals surface area contributed by atoms with Crippen LogP contribution in [0.15, 0.2) is 29.1 Å². The Morgan fingerprint density at radius 3 is 2.27 bits per heavy atom. The van der Waals surface area contributed by atoms with Crippen LogP contribution < -0.4 is 10.9 Å². The molecule has 0 saturated carbocycles. The summed E-state index contributed by atoms with van der Waals surface area (Å²) in [4.78, 5) is 29.1. The molecule has 2 heterocycles. The van der Waals surface area contributed by atoms with E-state index in [1.54, 1.807) is 0 Å². The first-order chi connectivity index (χ1) is 14.2. The van der Waals surface area contributed by atoms with E-state index in [2.05, 4.69) is 10.3 Å². The predicted octanol–water partition coefficient (Wildman–Crippen LogP) is 3.65. The summed E-state index contributed by atoms with van der Waals surface area (Å²) in [5.41, 5.74) is -0.0354. The van der Waals surface area contributed by atoms with Crippen LogP contribution in [0.2, 0.25) is 5.02 Å². The maximum Gasteiger partial charge on any atom is 0.256 e. The highest BCUT2D eigenvalue weighted by atomic mass is 35.5. The van der Waals surface area contributed by atoms with E-state index in [4.69, 9.17) is 11.6 Å². The SMILES string of the molecule is CN(C(=O)c1cc(F)c(Cl)c(F)c1)[C@@H]1CNCc2[nH]c(=O)c3cc(F)c(F)cc3c21. The number of H-pyrrole nitrogens is 1. The van der Waals surface area contributed by atoms with E-state index in [-0.39, 0.29) is 29.4 Å². The van der Waals surface area contributed by atoms with Crippen LogP contribution in [0.25, 0.3) is 10.8 Å². The van der Waals surface area contributed by atoms with Crippen molar-refractivity contribution in [1.29, 1.82) is 0 Å². The molecule has 10 heteroatoms. The van der Waals surface area contributed by atoms with Gasteiger partial charge >= 0.3 is 0 Å². The van der Waals surface area contributed by atoms with Gasteiger partial charge in [0.25, 0.3) is 11.5 Å².